The van der Waals surface area contributed by atoms with E-state index < -0.39 is 11.8 Å². The third kappa shape index (κ3) is 5.58. The molecular weight excluding hydrogens is 514 g/mol. The van der Waals surface area contributed by atoms with Gasteiger partial charge in [-0.05, 0) is 63.1 Å². The molecule has 0 radical (unpaired) electrons. The lowest BCUT2D eigenvalue weighted by Crippen LogP contribution is -2.31. The summed E-state index contributed by atoms with van der Waals surface area (Å²) in [6.07, 6.45) is 1.70. The predicted molar refractivity (Wildman–Crippen MR) is 158 cm³/mol. The summed E-state index contributed by atoms with van der Waals surface area (Å²) in [5.41, 5.74) is 5.55. The number of carbonyl (C=O) groups is 2. The minimum absolute atomic E-state index is 0.115. The summed E-state index contributed by atoms with van der Waals surface area (Å²) in [7, 11) is 0. The van der Waals surface area contributed by atoms with E-state index in [0.717, 1.165) is 11.1 Å². The fraction of sp³-hybridized carbons (Fsp3) is 0.152. The van der Waals surface area contributed by atoms with Crippen LogP contribution >= 0.6 is 0 Å². The van der Waals surface area contributed by atoms with Crippen molar-refractivity contribution in [1.82, 2.24) is 25.1 Å². The van der Waals surface area contributed by atoms with Crippen LogP contribution in [0.2, 0.25) is 0 Å². The van der Waals surface area contributed by atoms with E-state index in [1.165, 1.54) is 10.7 Å². The molecule has 0 saturated carbocycles. The first-order valence-electron chi connectivity index (χ1n) is 13.3. The number of benzene rings is 3. The monoisotopic (exact) mass is 543 g/mol. The molecule has 8 heteroatoms. The van der Waals surface area contributed by atoms with Crippen molar-refractivity contribution in [3.8, 4) is 33.9 Å². The number of carbonyl (C=O) groups excluding carboxylic acids is 2. The molecular formula is C33H29N5O3. The Labute approximate surface area is 237 Å². The molecule has 8 nitrogen and oxygen atoms in total. The van der Waals surface area contributed by atoms with E-state index in [9.17, 15) is 14.4 Å². The van der Waals surface area contributed by atoms with Crippen molar-refractivity contribution in [2.45, 2.75) is 33.7 Å². The topological polar surface area (TPSA) is 107 Å². The summed E-state index contributed by atoms with van der Waals surface area (Å²) in [6, 6.07) is 24.9. The lowest BCUT2D eigenvalue weighted by molar-refractivity contribution is 0.0849. The first-order valence-corrected chi connectivity index (χ1v) is 13.3. The summed E-state index contributed by atoms with van der Waals surface area (Å²) in [5.74, 6) is -0.541. The van der Waals surface area contributed by atoms with Crippen LogP contribution in [0.3, 0.4) is 0 Å². The van der Waals surface area contributed by atoms with Crippen LogP contribution in [-0.4, -0.2) is 31.6 Å². The van der Waals surface area contributed by atoms with Crippen molar-refractivity contribution in [1.29, 1.82) is 0 Å². The molecule has 204 valence electrons. The Kier molecular flexibility index (Phi) is 7.65. The van der Waals surface area contributed by atoms with Gasteiger partial charge in [0.05, 0.1) is 17.4 Å². The van der Waals surface area contributed by atoms with Gasteiger partial charge in [-0.25, -0.2) is 14.6 Å². The van der Waals surface area contributed by atoms with E-state index in [4.69, 9.17) is 9.97 Å². The average Bonchev–Trinajstić information content (AvgIpc) is 2.98. The summed E-state index contributed by atoms with van der Waals surface area (Å²) in [4.78, 5) is 47.9. The molecule has 2 heterocycles. The summed E-state index contributed by atoms with van der Waals surface area (Å²) < 4.78 is 1.44. The minimum Gasteiger partial charge on any atom is -0.288 e. The van der Waals surface area contributed by atoms with Crippen molar-refractivity contribution in [3.05, 3.63) is 124 Å². The van der Waals surface area contributed by atoms with Gasteiger partial charge in [0.15, 0.2) is 5.82 Å². The van der Waals surface area contributed by atoms with E-state index in [2.05, 4.69) is 10.4 Å². The number of rotatable bonds is 6. The van der Waals surface area contributed by atoms with Gasteiger partial charge >= 0.3 is 0 Å². The Morgan fingerprint density at radius 3 is 2.20 bits per heavy atom. The summed E-state index contributed by atoms with van der Waals surface area (Å²) >= 11 is 0. The molecule has 41 heavy (non-hydrogen) atoms. The quantitative estimate of drug-likeness (QED) is 0.271. The van der Waals surface area contributed by atoms with Crippen LogP contribution in [0.25, 0.3) is 33.9 Å². The van der Waals surface area contributed by atoms with Gasteiger partial charge in [0, 0.05) is 40.1 Å². The molecule has 0 bridgehead atoms. The first-order chi connectivity index (χ1) is 19.7. The third-order valence-corrected chi connectivity index (χ3v) is 6.83. The van der Waals surface area contributed by atoms with Crippen LogP contribution in [0.5, 0.6) is 0 Å². The molecule has 0 aliphatic heterocycles. The molecule has 5 rings (SSSR count). The molecule has 0 aliphatic carbocycles. The maximum absolute atomic E-state index is 13.2. The van der Waals surface area contributed by atoms with Crippen LogP contribution in [0.15, 0.2) is 95.9 Å². The Balaban J connectivity index is 1.60. The highest BCUT2D eigenvalue weighted by Gasteiger charge is 2.21. The lowest BCUT2D eigenvalue weighted by atomic mass is 9.95. The number of hydrogen-bond donors (Lipinski definition) is 1. The average molecular weight is 544 g/mol. The second-order valence-electron chi connectivity index (χ2n) is 10.00. The standard InChI is InChI=1S/C33H29N5O3/c1-20(2)38-28(39)18-17-27(37-38)26-19-34-31(35-30(26)23-11-7-5-8-12-23)29-21(3)15-16-25(22(29)4)33(41)36-32(40)24-13-9-6-10-14-24/h5-20H,1-4H3,(H,36,40,41). The molecule has 0 atom stereocenters. The molecule has 0 aliphatic rings. The lowest BCUT2D eigenvalue weighted by Gasteiger charge is -2.16. The molecule has 0 unspecified atom stereocenters. The van der Waals surface area contributed by atoms with Gasteiger partial charge in [-0.15, -0.1) is 0 Å². The largest absolute Gasteiger partial charge is 0.288 e. The molecule has 3 aromatic carbocycles. The van der Waals surface area contributed by atoms with Crippen molar-refractivity contribution in [2.75, 3.05) is 0 Å². The highest BCUT2D eigenvalue weighted by atomic mass is 16.2. The van der Waals surface area contributed by atoms with Crippen LogP contribution in [0, 0.1) is 13.8 Å². The third-order valence-electron chi connectivity index (χ3n) is 6.83. The predicted octanol–water partition coefficient (Wildman–Crippen LogP) is 5.80. The number of hydrogen-bond acceptors (Lipinski definition) is 6. The van der Waals surface area contributed by atoms with E-state index in [1.54, 1.807) is 48.7 Å². The van der Waals surface area contributed by atoms with E-state index in [1.807, 2.05) is 64.1 Å². The van der Waals surface area contributed by atoms with E-state index in [-0.39, 0.29) is 11.6 Å². The van der Waals surface area contributed by atoms with Gasteiger partial charge in [-0.1, -0.05) is 54.6 Å². The maximum atomic E-state index is 13.2. The van der Waals surface area contributed by atoms with Gasteiger partial charge in [-0.3, -0.25) is 19.7 Å². The highest BCUT2D eigenvalue weighted by Crippen LogP contribution is 2.33. The van der Waals surface area contributed by atoms with E-state index in [0.29, 0.717) is 45.0 Å². The number of amides is 2. The van der Waals surface area contributed by atoms with Crippen LogP contribution in [-0.2, 0) is 0 Å². The zero-order valence-corrected chi connectivity index (χ0v) is 23.3. The first kappa shape index (κ1) is 27.3. The molecule has 2 amide bonds. The second-order valence-corrected chi connectivity index (χ2v) is 10.00. The molecule has 0 fully saturated rings. The van der Waals surface area contributed by atoms with Gasteiger partial charge in [0.25, 0.3) is 17.4 Å². The fourth-order valence-corrected chi connectivity index (χ4v) is 4.71. The van der Waals surface area contributed by atoms with Gasteiger partial charge in [0.2, 0.25) is 0 Å². The Hall–Kier alpha value is -5.24. The molecule has 5 aromatic rings. The van der Waals surface area contributed by atoms with Crippen LogP contribution in [0.1, 0.15) is 51.7 Å². The zero-order valence-electron chi connectivity index (χ0n) is 23.3. The number of aryl methyl sites for hydroxylation is 1. The molecule has 0 saturated heterocycles. The van der Waals surface area contributed by atoms with Crippen molar-refractivity contribution < 1.29 is 9.59 Å². The SMILES string of the molecule is Cc1ccc(C(=O)NC(=O)c2ccccc2)c(C)c1-c1ncc(-c2ccc(=O)n(C(C)C)n2)c(-c2ccccc2)n1. The smallest absolute Gasteiger partial charge is 0.267 e. The van der Waals surface area contributed by atoms with Crippen molar-refractivity contribution in [3.63, 3.8) is 0 Å². The number of imide groups is 1. The summed E-state index contributed by atoms with van der Waals surface area (Å²) in [5, 5.41) is 7.08. The van der Waals surface area contributed by atoms with Gasteiger partial charge in [0.1, 0.15) is 0 Å². The zero-order chi connectivity index (χ0) is 29.1. The number of aromatic nitrogens is 4. The summed E-state index contributed by atoms with van der Waals surface area (Å²) in [6.45, 7) is 7.55. The van der Waals surface area contributed by atoms with Crippen molar-refractivity contribution >= 4 is 11.8 Å². The second kappa shape index (κ2) is 11.5. The highest BCUT2D eigenvalue weighted by molar-refractivity contribution is 6.11. The van der Waals surface area contributed by atoms with Gasteiger partial charge in [-0.2, -0.15) is 5.10 Å². The molecule has 0 spiro atoms. The van der Waals surface area contributed by atoms with Crippen LogP contribution in [0.4, 0.5) is 0 Å². The Morgan fingerprint density at radius 1 is 0.829 bits per heavy atom. The van der Waals surface area contributed by atoms with E-state index >= 15 is 0 Å². The molecule has 2 aromatic heterocycles. The fourth-order valence-electron chi connectivity index (χ4n) is 4.71. The molecule has 1 N–H and O–H groups in total. The Bertz CT molecular complexity index is 1810. The minimum atomic E-state index is -0.502. The van der Waals surface area contributed by atoms with Crippen LogP contribution < -0.4 is 10.9 Å². The van der Waals surface area contributed by atoms with Crippen molar-refractivity contribution in [2.24, 2.45) is 0 Å². The number of nitrogens with zero attached hydrogens (tertiary/aromatic N) is 4. The normalized spacial score (nSPS) is 11.0. The van der Waals surface area contributed by atoms with Gasteiger partial charge < -0.3 is 0 Å². The maximum Gasteiger partial charge on any atom is 0.267 e. The number of nitrogens with one attached hydrogen (secondary N) is 1. The Morgan fingerprint density at radius 2 is 1.51 bits per heavy atom.